The maximum absolute atomic E-state index is 11.9. The summed E-state index contributed by atoms with van der Waals surface area (Å²) in [4.78, 5) is 11.9. The molecule has 1 N–H and O–H groups in total. The van der Waals surface area contributed by atoms with Crippen LogP contribution in [0.1, 0.15) is 23.6 Å². The van der Waals surface area contributed by atoms with E-state index in [0.29, 0.717) is 6.61 Å². The van der Waals surface area contributed by atoms with Crippen molar-refractivity contribution >= 4 is 34.7 Å². The number of amides is 1. The van der Waals surface area contributed by atoms with Crippen LogP contribution in [0.2, 0.25) is 0 Å². The third-order valence-electron chi connectivity index (χ3n) is 3.37. The lowest BCUT2D eigenvalue weighted by Crippen LogP contribution is -2.25. The van der Waals surface area contributed by atoms with Gasteiger partial charge in [-0.25, -0.2) is 5.43 Å². The summed E-state index contributed by atoms with van der Waals surface area (Å²) < 4.78 is 12.1. The zero-order valence-corrected chi connectivity index (χ0v) is 16.7. The van der Waals surface area contributed by atoms with Crippen LogP contribution in [0, 0.1) is 17.4 Å². The van der Waals surface area contributed by atoms with Gasteiger partial charge in [0.15, 0.2) is 6.61 Å². The van der Waals surface area contributed by atoms with Gasteiger partial charge in [0.05, 0.1) is 12.8 Å². The Morgan fingerprint density at radius 2 is 1.80 bits per heavy atom. The van der Waals surface area contributed by atoms with Crippen LogP contribution in [0.3, 0.4) is 0 Å². The summed E-state index contributed by atoms with van der Waals surface area (Å²) in [6.07, 6.45) is 1.58. The van der Waals surface area contributed by atoms with E-state index in [4.69, 9.17) is 9.47 Å². The smallest absolute Gasteiger partial charge is 0.277 e. The molecule has 6 heteroatoms. The van der Waals surface area contributed by atoms with Crippen LogP contribution in [0.4, 0.5) is 0 Å². The number of hydrogen-bond donors (Lipinski definition) is 1. The van der Waals surface area contributed by atoms with Crippen LogP contribution in [-0.2, 0) is 4.79 Å². The lowest BCUT2D eigenvalue weighted by molar-refractivity contribution is -0.123. The molecular formula is C19H21IN2O3. The zero-order chi connectivity index (χ0) is 18.2. The molecule has 2 aromatic carbocycles. The molecule has 0 aromatic heterocycles. The van der Waals surface area contributed by atoms with Crippen molar-refractivity contribution in [2.45, 2.75) is 20.8 Å². The first-order valence-electron chi connectivity index (χ1n) is 7.94. The molecular weight excluding hydrogens is 431 g/mol. The van der Waals surface area contributed by atoms with Gasteiger partial charge in [0.25, 0.3) is 5.91 Å². The Labute approximate surface area is 161 Å². The number of nitrogens with zero attached hydrogens (tertiary/aromatic N) is 1. The molecule has 2 rings (SSSR count). The Bertz CT molecular complexity index is 735. The van der Waals surface area contributed by atoms with Crippen LogP contribution in [-0.4, -0.2) is 25.3 Å². The van der Waals surface area contributed by atoms with E-state index in [0.717, 1.165) is 31.8 Å². The van der Waals surface area contributed by atoms with Crippen molar-refractivity contribution in [3.63, 3.8) is 0 Å². The Morgan fingerprint density at radius 1 is 1.16 bits per heavy atom. The maximum atomic E-state index is 11.9. The van der Waals surface area contributed by atoms with E-state index in [-0.39, 0.29) is 12.5 Å². The molecule has 0 saturated heterocycles. The molecule has 2 aromatic rings. The highest BCUT2D eigenvalue weighted by Crippen LogP contribution is 2.25. The van der Waals surface area contributed by atoms with Gasteiger partial charge in [0, 0.05) is 3.57 Å². The molecule has 0 aliphatic carbocycles. The molecule has 0 spiro atoms. The molecule has 1 amide bonds. The summed E-state index contributed by atoms with van der Waals surface area (Å²) in [7, 11) is 0. The van der Waals surface area contributed by atoms with Crippen molar-refractivity contribution in [1.29, 1.82) is 0 Å². The van der Waals surface area contributed by atoms with E-state index < -0.39 is 0 Å². The van der Waals surface area contributed by atoms with Crippen molar-refractivity contribution in [3.8, 4) is 11.5 Å². The number of carbonyl (C=O) groups is 1. The molecule has 25 heavy (non-hydrogen) atoms. The standard InChI is InChI=1S/C19H21IN2O3/c1-4-24-17-7-5-15(6-8-17)11-21-22-18(23)12-25-19-13(2)9-16(20)10-14(19)3/h5-11H,4,12H2,1-3H3,(H,22,23)/b21-11-. The minimum atomic E-state index is -0.306. The lowest BCUT2D eigenvalue weighted by Gasteiger charge is -2.11. The number of aryl methyl sites for hydroxylation is 2. The Balaban J connectivity index is 1.84. The van der Waals surface area contributed by atoms with Crippen LogP contribution in [0.25, 0.3) is 0 Å². The predicted molar refractivity (Wildman–Crippen MR) is 107 cm³/mol. The van der Waals surface area contributed by atoms with Gasteiger partial charge in [-0.1, -0.05) is 0 Å². The van der Waals surface area contributed by atoms with E-state index >= 15 is 0 Å². The van der Waals surface area contributed by atoms with Crippen molar-refractivity contribution in [2.75, 3.05) is 13.2 Å². The van der Waals surface area contributed by atoms with Gasteiger partial charge in [-0.15, -0.1) is 0 Å². The average molecular weight is 452 g/mol. The molecule has 0 atom stereocenters. The Hall–Kier alpha value is -2.09. The van der Waals surface area contributed by atoms with Crippen molar-refractivity contribution < 1.29 is 14.3 Å². The largest absolute Gasteiger partial charge is 0.494 e. The lowest BCUT2D eigenvalue weighted by atomic mass is 10.1. The van der Waals surface area contributed by atoms with Crippen molar-refractivity contribution in [2.24, 2.45) is 5.10 Å². The van der Waals surface area contributed by atoms with Crippen LogP contribution in [0.5, 0.6) is 11.5 Å². The average Bonchev–Trinajstić information content (AvgIpc) is 2.56. The zero-order valence-electron chi connectivity index (χ0n) is 14.5. The summed E-state index contributed by atoms with van der Waals surface area (Å²) in [6, 6.07) is 11.5. The van der Waals surface area contributed by atoms with Crippen LogP contribution < -0.4 is 14.9 Å². The molecule has 132 valence electrons. The minimum Gasteiger partial charge on any atom is -0.494 e. The molecule has 0 bridgehead atoms. The summed E-state index contributed by atoms with van der Waals surface area (Å²) in [5, 5.41) is 3.94. The second-order valence-electron chi connectivity index (χ2n) is 5.45. The fourth-order valence-electron chi connectivity index (χ4n) is 2.29. The second kappa shape index (κ2) is 9.41. The van der Waals surface area contributed by atoms with E-state index in [9.17, 15) is 4.79 Å². The van der Waals surface area contributed by atoms with E-state index in [2.05, 4.69) is 33.1 Å². The first-order chi connectivity index (χ1) is 12.0. The van der Waals surface area contributed by atoms with Gasteiger partial charge >= 0.3 is 0 Å². The van der Waals surface area contributed by atoms with E-state index in [1.807, 2.05) is 57.2 Å². The summed E-state index contributed by atoms with van der Waals surface area (Å²) in [5.41, 5.74) is 5.35. The fraction of sp³-hybridized carbons (Fsp3) is 0.263. The fourth-order valence-corrected chi connectivity index (χ4v) is 3.22. The van der Waals surface area contributed by atoms with E-state index in [1.54, 1.807) is 6.21 Å². The highest BCUT2D eigenvalue weighted by atomic mass is 127. The summed E-state index contributed by atoms with van der Waals surface area (Å²) in [6.45, 7) is 6.41. The van der Waals surface area contributed by atoms with Gasteiger partial charge in [0.1, 0.15) is 11.5 Å². The highest BCUT2D eigenvalue weighted by molar-refractivity contribution is 14.1. The third kappa shape index (κ3) is 6.04. The van der Waals surface area contributed by atoms with Crippen molar-refractivity contribution in [1.82, 2.24) is 5.43 Å². The minimum absolute atomic E-state index is 0.0805. The number of hydrogen-bond acceptors (Lipinski definition) is 4. The van der Waals surface area contributed by atoms with Gasteiger partial charge in [0.2, 0.25) is 0 Å². The molecule has 0 fully saturated rings. The first-order valence-corrected chi connectivity index (χ1v) is 9.01. The molecule has 0 aliphatic rings. The van der Waals surface area contributed by atoms with E-state index in [1.165, 1.54) is 0 Å². The first kappa shape index (κ1) is 19.2. The Morgan fingerprint density at radius 3 is 2.40 bits per heavy atom. The maximum Gasteiger partial charge on any atom is 0.277 e. The molecule has 5 nitrogen and oxygen atoms in total. The number of rotatable bonds is 7. The summed E-state index contributed by atoms with van der Waals surface area (Å²) >= 11 is 2.26. The normalized spacial score (nSPS) is 10.7. The molecule has 0 aliphatic heterocycles. The number of halogens is 1. The second-order valence-corrected chi connectivity index (χ2v) is 6.70. The quantitative estimate of drug-likeness (QED) is 0.395. The van der Waals surface area contributed by atoms with Gasteiger partial charge in [-0.2, -0.15) is 5.10 Å². The molecule has 0 unspecified atom stereocenters. The van der Waals surface area contributed by atoms with Crippen molar-refractivity contribution in [3.05, 3.63) is 56.7 Å². The number of hydrazone groups is 1. The number of benzene rings is 2. The Kier molecular flexibility index (Phi) is 7.24. The van der Waals surface area contributed by atoms with Gasteiger partial charge in [-0.05, 0) is 96.5 Å². The number of carbonyl (C=O) groups excluding carboxylic acids is 1. The van der Waals surface area contributed by atoms with Crippen LogP contribution >= 0.6 is 22.6 Å². The molecule has 0 saturated carbocycles. The third-order valence-corrected chi connectivity index (χ3v) is 3.99. The predicted octanol–water partition coefficient (Wildman–Crippen LogP) is 3.84. The van der Waals surface area contributed by atoms with Crippen LogP contribution in [0.15, 0.2) is 41.5 Å². The highest BCUT2D eigenvalue weighted by Gasteiger charge is 2.08. The van der Waals surface area contributed by atoms with Gasteiger partial charge < -0.3 is 9.47 Å². The molecule has 0 heterocycles. The SMILES string of the molecule is CCOc1ccc(/C=N\NC(=O)COc2c(C)cc(I)cc2C)cc1. The number of ether oxygens (including phenoxy) is 2. The topological polar surface area (TPSA) is 59.9 Å². The molecule has 0 radical (unpaired) electrons. The van der Waals surface area contributed by atoms with Gasteiger partial charge in [-0.3, -0.25) is 4.79 Å². The summed E-state index contributed by atoms with van der Waals surface area (Å²) in [5.74, 6) is 1.24. The monoisotopic (exact) mass is 452 g/mol. The number of nitrogens with one attached hydrogen (secondary N) is 1.